The van der Waals surface area contributed by atoms with Gasteiger partial charge in [-0.2, -0.15) is 17.6 Å². The number of amides is 2. The standard InChI is InChI=1S/C28H18Br2F4N2O6S2/c1-41-23(37)19-17(13-3-7-15(29)8-4-13)11-43-21(19)35-25(39)27(31,32)28(33,34)26(40)36-22-20(24(38)42-2)18(12-44-22)14-5-9-16(30)10-6-14/h3-12H,1-2H3,(H,35,39)(H,36,40). The monoisotopic (exact) mass is 776 g/mol. The fraction of sp³-hybridized carbons (Fsp3) is 0.143. The van der Waals surface area contributed by atoms with Gasteiger partial charge in [-0.3, -0.25) is 9.59 Å². The van der Waals surface area contributed by atoms with Crippen molar-refractivity contribution >= 4 is 88.3 Å². The molecule has 8 nitrogen and oxygen atoms in total. The van der Waals surface area contributed by atoms with Crippen LogP contribution < -0.4 is 10.6 Å². The summed E-state index contributed by atoms with van der Waals surface area (Å²) in [6.07, 6.45) is 0. The maximum Gasteiger partial charge on any atom is 0.396 e. The maximum atomic E-state index is 15.0. The molecule has 0 unspecified atom stereocenters. The van der Waals surface area contributed by atoms with Gasteiger partial charge < -0.3 is 20.1 Å². The number of benzene rings is 2. The van der Waals surface area contributed by atoms with Crippen LogP contribution in [-0.2, 0) is 19.1 Å². The van der Waals surface area contributed by atoms with Gasteiger partial charge in [-0.15, -0.1) is 22.7 Å². The topological polar surface area (TPSA) is 111 Å². The molecule has 2 N–H and O–H groups in total. The van der Waals surface area contributed by atoms with E-state index in [1.165, 1.54) is 10.8 Å². The lowest BCUT2D eigenvalue weighted by Crippen LogP contribution is -2.56. The van der Waals surface area contributed by atoms with Gasteiger partial charge in [-0.25, -0.2) is 9.59 Å². The number of ether oxygens (including phenoxy) is 2. The van der Waals surface area contributed by atoms with Crippen LogP contribution in [0.3, 0.4) is 0 Å². The Morgan fingerprint density at radius 1 is 0.636 bits per heavy atom. The molecule has 0 aliphatic heterocycles. The molecular formula is C28H18Br2F4N2O6S2. The molecular weight excluding hydrogens is 760 g/mol. The SMILES string of the molecule is COC(=O)c1c(-c2ccc(Br)cc2)csc1NC(=O)C(F)(F)C(F)(F)C(=O)Nc1scc(-c2ccc(Br)cc2)c1C(=O)OC. The van der Waals surface area contributed by atoms with Crippen molar-refractivity contribution in [1.29, 1.82) is 0 Å². The van der Waals surface area contributed by atoms with Crippen LogP contribution in [0.4, 0.5) is 27.6 Å². The van der Waals surface area contributed by atoms with Crippen molar-refractivity contribution < 1.29 is 46.2 Å². The number of hydrogen-bond donors (Lipinski definition) is 2. The lowest BCUT2D eigenvalue weighted by molar-refractivity contribution is -0.204. The molecule has 2 amide bonds. The summed E-state index contributed by atoms with van der Waals surface area (Å²) < 4.78 is 70.9. The van der Waals surface area contributed by atoms with Gasteiger partial charge in [0.1, 0.15) is 21.1 Å². The zero-order valence-electron chi connectivity index (χ0n) is 22.3. The zero-order chi connectivity index (χ0) is 32.4. The molecule has 230 valence electrons. The van der Waals surface area contributed by atoms with E-state index in [4.69, 9.17) is 9.47 Å². The number of hydrogen-bond acceptors (Lipinski definition) is 8. The Balaban J connectivity index is 1.62. The second kappa shape index (κ2) is 13.2. The van der Waals surface area contributed by atoms with E-state index in [1.54, 1.807) is 59.2 Å². The van der Waals surface area contributed by atoms with Crippen molar-refractivity contribution in [2.24, 2.45) is 0 Å². The number of thiophene rings is 2. The minimum Gasteiger partial charge on any atom is -0.465 e. The Morgan fingerprint density at radius 3 is 1.25 bits per heavy atom. The van der Waals surface area contributed by atoms with Crippen molar-refractivity contribution in [1.82, 2.24) is 0 Å². The van der Waals surface area contributed by atoms with Gasteiger partial charge in [0, 0.05) is 30.8 Å². The number of halogens is 6. The minimum absolute atomic E-state index is 0.187. The van der Waals surface area contributed by atoms with Crippen molar-refractivity contribution in [3.8, 4) is 22.3 Å². The van der Waals surface area contributed by atoms with Crippen LogP contribution in [0, 0.1) is 0 Å². The maximum absolute atomic E-state index is 15.0. The normalized spacial score (nSPS) is 11.5. The number of nitrogens with one attached hydrogen (secondary N) is 2. The molecule has 0 saturated carbocycles. The highest BCUT2D eigenvalue weighted by molar-refractivity contribution is 9.10. The van der Waals surface area contributed by atoms with Crippen LogP contribution in [0.15, 0.2) is 68.2 Å². The number of esters is 2. The van der Waals surface area contributed by atoms with E-state index in [9.17, 15) is 19.2 Å². The van der Waals surface area contributed by atoms with E-state index in [0.717, 1.165) is 14.2 Å². The zero-order valence-corrected chi connectivity index (χ0v) is 27.1. The van der Waals surface area contributed by atoms with Crippen molar-refractivity contribution in [3.63, 3.8) is 0 Å². The molecule has 2 heterocycles. The number of carbonyl (C=O) groups is 4. The Labute approximate surface area is 271 Å². The van der Waals surface area contributed by atoms with E-state index in [2.05, 4.69) is 31.9 Å². The lowest BCUT2D eigenvalue weighted by Gasteiger charge is -2.24. The van der Waals surface area contributed by atoms with Gasteiger partial charge in [0.25, 0.3) is 0 Å². The average molecular weight is 778 g/mol. The van der Waals surface area contributed by atoms with Crippen LogP contribution in [0.2, 0.25) is 0 Å². The molecule has 0 atom stereocenters. The van der Waals surface area contributed by atoms with E-state index in [-0.39, 0.29) is 22.3 Å². The summed E-state index contributed by atoms with van der Waals surface area (Å²) in [5.74, 6) is -18.4. The molecule has 2 aromatic heterocycles. The molecule has 0 fully saturated rings. The largest absolute Gasteiger partial charge is 0.465 e. The quantitative estimate of drug-likeness (QED) is 0.131. The number of alkyl halides is 4. The molecule has 44 heavy (non-hydrogen) atoms. The van der Waals surface area contributed by atoms with Crippen LogP contribution in [-0.4, -0.2) is 49.8 Å². The van der Waals surface area contributed by atoms with Crippen LogP contribution >= 0.6 is 54.5 Å². The summed E-state index contributed by atoms with van der Waals surface area (Å²) in [6, 6.07) is 12.9. The molecule has 4 aromatic rings. The van der Waals surface area contributed by atoms with E-state index in [1.807, 2.05) is 0 Å². The smallest absolute Gasteiger partial charge is 0.396 e. The number of methoxy groups -OCH3 is 2. The van der Waals surface area contributed by atoms with Gasteiger partial charge in [0.15, 0.2) is 0 Å². The van der Waals surface area contributed by atoms with Crippen LogP contribution in [0.5, 0.6) is 0 Å². The highest BCUT2D eigenvalue weighted by atomic mass is 79.9. The third kappa shape index (κ3) is 6.43. The lowest BCUT2D eigenvalue weighted by atomic mass is 10.0. The van der Waals surface area contributed by atoms with Gasteiger partial charge >= 0.3 is 35.6 Å². The first-order valence-electron chi connectivity index (χ1n) is 12.0. The third-order valence-electron chi connectivity index (χ3n) is 6.09. The predicted molar refractivity (Wildman–Crippen MR) is 165 cm³/mol. The highest BCUT2D eigenvalue weighted by Crippen LogP contribution is 2.42. The third-order valence-corrected chi connectivity index (χ3v) is 8.94. The summed E-state index contributed by atoms with van der Waals surface area (Å²) in [7, 11) is 2.03. The molecule has 0 radical (unpaired) electrons. The van der Waals surface area contributed by atoms with Crippen molar-refractivity contribution in [2.45, 2.75) is 11.8 Å². The Morgan fingerprint density at radius 2 is 0.955 bits per heavy atom. The molecule has 2 aromatic carbocycles. The van der Waals surface area contributed by atoms with Crippen LogP contribution in [0.25, 0.3) is 22.3 Å². The van der Waals surface area contributed by atoms with E-state index in [0.29, 0.717) is 42.7 Å². The molecule has 0 aliphatic carbocycles. The first-order chi connectivity index (χ1) is 20.7. The fourth-order valence-corrected chi connectivity index (χ4v) is 6.27. The molecule has 4 rings (SSSR count). The van der Waals surface area contributed by atoms with Gasteiger partial charge in [-0.05, 0) is 35.4 Å². The average Bonchev–Trinajstić information content (AvgIpc) is 3.61. The molecule has 0 aliphatic rings. The Bertz CT molecular complexity index is 1610. The van der Waals surface area contributed by atoms with E-state index < -0.39 is 45.6 Å². The second-order valence-corrected chi connectivity index (χ2v) is 12.4. The molecule has 0 bridgehead atoms. The second-order valence-electron chi connectivity index (χ2n) is 8.76. The highest BCUT2D eigenvalue weighted by Gasteiger charge is 2.67. The molecule has 16 heteroatoms. The van der Waals surface area contributed by atoms with Crippen LogP contribution in [0.1, 0.15) is 20.7 Å². The molecule has 0 spiro atoms. The number of rotatable bonds is 9. The van der Waals surface area contributed by atoms with Gasteiger partial charge in [-0.1, -0.05) is 56.1 Å². The predicted octanol–water partition coefficient (Wildman–Crippen LogP) is 8.09. The summed E-state index contributed by atoms with van der Waals surface area (Å²) in [5.41, 5.74) is 0.569. The molecule has 0 saturated heterocycles. The van der Waals surface area contributed by atoms with Crippen molar-refractivity contribution in [2.75, 3.05) is 24.9 Å². The summed E-state index contributed by atoms with van der Waals surface area (Å²) in [5, 5.41) is 4.99. The minimum atomic E-state index is -5.61. The fourth-order valence-electron chi connectivity index (χ4n) is 3.84. The number of anilines is 2. The van der Waals surface area contributed by atoms with Gasteiger partial charge in [0.05, 0.1) is 14.2 Å². The Hall–Kier alpha value is -3.60. The van der Waals surface area contributed by atoms with E-state index >= 15 is 17.6 Å². The Kier molecular flexibility index (Phi) is 9.97. The van der Waals surface area contributed by atoms with Gasteiger partial charge in [0.2, 0.25) is 0 Å². The number of carbonyl (C=O) groups excluding carboxylic acids is 4. The summed E-state index contributed by atoms with van der Waals surface area (Å²) >= 11 is 7.76. The van der Waals surface area contributed by atoms with Crippen molar-refractivity contribution in [3.05, 3.63) is 79.4 Å². The first-order valence-corrected chi connectivity index (χ1v) is 15.4. The summed E-state index contributed by atoms with van der Waals surface area (Å²) in [6.45, 7) is 0. The first kappa shape index (κ1) is 33.3. The summed E-state index contributed by atoms with van der Waals surface area (Å²) in [4.78, 5) is 50.2.